The SMILES string of the molecule is O=C1C(=O)N(c2ccc(Br)cn2)[C@@H](c2ccc([N+](=O)[O-])cc2)C1=C(O)c1ccc(Cl)cc1. The van der Waals surface area contributed by atoms with Crippen LogP contribution in [0, 0.1) is 10.1 Å². The minimum Gasteiger partial charge on any atom is -0.507 e. The van der Waals surface area contributed by atoms with Crippen LogP contribution >= 0.6 is 27.5 Å². The van der Waals surface area contributed by atoms with Crippen molar-refractivity contribution >= 4 is 56.5 Å². The lowest BCUT2D eigenvalue weighted by Crippen LogP contribution is -2.30. The Kier molecular flexibility index (Phi) is 5.77. The van der Waals surface area contributed by atoms with E-state index in [0.717, 1.165) is 4.90 Å². The molecule has 1 fully saturated rings. The van der Waals surface area contributed by atoms with Crippen molar-refractivity contribution in [3.63, 3.8) is 0 Å². The molecule has 0 radical (unpaired) electrons. The summed E-state index contributed by atoms with van der Waals surface area (Å²) in [6, 6.07) is 13.7. The summed E-state index contributed by atoms with van der Waals surface area (Å²) in [6.07, 6.45) is 1.47. The molecule has 1 amide bonds. The standard InChI is InChI=1S/C22H13BrClN3O5/c23-14-5-10-17(25-11-14)26-19(12-3-8-16(9-4-12)27(31)32)18(21(29)22(26)30)20(28)13-1-6-15(24)7-2-13/h1-11,19,28H/t19-/m0/s1. The number of nitro groups is 1. The first-order valence-corrected chi connectivity index (χ1v) is 10.4. The Morgan fingerprint density at radius 2 is 1.72 bits per heavy atom. The summed E-state index contributed by atoms with van der Waals surface area (Å²) in [5.41, 5.74) is 0.388. The predicted octanol–water partition coefficient (Wildman–Crippen LogP) is 5.03. The Balaban J connectivity index is 1.92. The molecule has 32 heavy (non-hydrogen) atoms. The Labute approximate surface area is 195 Å². The minimum atomic E-state index is -1.04. The number of benzene rings is 2. The highest BCUT2D eigenvalue weighted by Gasteiger charge is 2.47. The van der Waals surface area contributed by atoms with Crippen LogP contribution in [0.2, 0.25) is 5.02 Å². The molecule has 0 spiro atoms. The molecular weight excluding hydrogens is 502 g/mol. The molecule has 1 atom stereocenters. The molecule has 0 aliphatic carbocycles. The molecule has 0 saturated carbocycles. The fourth-order valence-electron chi connectivity index (χ4n) is 3.44. The van der Waals surface area contributed by atoms with Crippen molar-refractivity contribution in [3.05, 3.63) is 103 Å². The van der Waals surface area contributed by atoms with E-state index in [1.54, 1.807) is 24.3 Å². The van der Waals surface area contributed by atoms with Crippen molar-refractivity contribution in [2.75, 3.05) is 4.90 Å². The summed E-state index contributed by atoms with van der Waals surface area (Å²) < 4.78 is 0.672. The van der Waals surface area contributed by atoms with Gasteiger partial charge in [-0.05, 0) is 70.0 Å². The molecule has 10 heteroatoms. The molecule has 3 aromatic rings. The van der Waals surface area contributed by atoms with E-state index in [4.69, 9.17) is 11.6 Å². The fraction of sp³-hybridized carbons (Fsp3) is 0.0455. The maximum atomic E-state index is 13.0. The number of pyridine rings is 1. The van der Waals surface area contributed by atoms with Crippen molar-refractivity contribution in [1.29, 1.82) is 0 Å². The number of ketones is 1. The van der Waals surface area contributed by atoms with Crippen molar-refractivity contribution in [1.82, 2.24) is 4.98 Å². The molecule has 160 valence electrons. The summed E-state index contributed by atoms with van der Waals surface area (Å²) in [7, 11) is 0. The van der Waals surface area contributed by atoms with Gasteiger partial charge in [0.25, 0.3) is 11.5 Å². The number of rotatable bonds is 4. The molecule has 1 saturated heterocycles. The average molecular weight is 515 g/mol. The quantitative estimate of drug-likeness (QED) is 0.172. The number of carbonyl (C=O) groups excluding carboxylic acids is 2. The average Bonchev–Trinajstić information content (AvgIpc) is 3.05. The van der Waals surface area contributed by atoms with Crippen LogP contribution in [0.1, 0.15) is 17.2 Å². The van der Waals surface area contributed by atoms with Gasteiger partial charge in [-0.3, -0.25) is 24.6 Å². The molecule has 1 aliphatic heterocycles. The van der Waals surface area contributed by atoms with E-state index >= 15 is 0 Å². The molecular formula is C22H13BrClN3O5. The number of non-ortho nitro benzene ring substituents is 1. The lowest BCUT2D eigenvalue weighted by Gasteiger charge is -2.24. The van der Waals surface area contributed by atoms with Crippen LogP contribution < -0.4 is 4.90 Å². The van der Waals surface area contributed by atoms with E-state index in [9.17, 15) is 24.8 Å². The number of nitro benzene ring substituents is 1. The van der Waals surface area contributed by atoms with Crippen LogP contribution in [0.3, 0.4) is 0 Å². The van der Waals surface area contributed by atoms with Gasteiger partial charge >= 0.3 is 5.91 Å². The highest BCUT2D eigenvalue weighted by atomic mass is 79.9. The molecule has 2 aromatic carbocycles. The Bertz CT molecular complexity index is 1260. The van der Waals surface area contributed by atoms with E-state index in [2.05, 4.69) is 20.9 Å². The first-order chi connectivity index (χ1) is 15.3. The van der Waals surface area contributed by atoms with Crippen molar-refractivity contribution in [2.24, 2.45) is 0 Å². The van der Waals surface area contributed by atoms with Crippen LogP contribution in [0.15, 0.2) is 76.9 Å². The molecule has 1 aromatic heterocycles. The lowest BCUT2D eigenvalue weighted by atomic mass is 9.95. The van der Waals surface area contributed by atoms with Gasteiger partial charge in [0.05, 0.1) is 16.5 Å². The number of aliphatic hydroxyl groups excluding tert-OH is 1. The topological polar surface area (TPSA) is 114 Å². The summed E-state index contributed by atoms with van der Waals surface area (Å²) in [4.78, 5) is 41.9. The summed E-state index contributed by atoms with van der Waals surface area (Å²) >= 11 is 9.19. The third kappa shape index (κ3) is 3.88. The normalized spacial score (nSPS) is 17.6. The minimum absolute atomic E-state index is 0.148. The van der Waals surface area contributed by atoms with E-state index < -0.39 is 22.7 Å². The molecule has 0 bridgehead atoms. The van der Waals surface area contributed by atoms with Crippen LogP contribution in [-0.2, 0) is 9.59 Å². The molecule has 0 unspecified atom stereocenters. The number of Topliss-reactive ketones (excluding diaryl/α,β-unsaturated/α-hetero) is 1. The predicted molar refractivity (Wildman–Crippen MR) is 121 cm³/mol. The third-order valence-electron chi connectivity index (χ3n) is 4.94. The highest BCUT2D eigenvalue weighted by Crippen LogP contribution is 2.42. The zero-order valence-corrected chi connectivity index (χ0v) is 18.4. The van der Waals surface area contributed by atoms with Gasteiger partial charge in [0.15, 0.2) is 0 Å². The molecule has 1 aliphatic rings. The fourth-order valence-corrected chi connectivity index (χ4v) is 3.80. The van der Waals surface area contributed by atoms with Gasteiger partial charge in [-0.2, -0.15) is 0 Å². The number of hydrogen-bond donors (Lipinski definition) is 1. The number of aliphatic hydroxyl groups is 1. The van der Waals surface area contributed by atoms with Gasteiger partial charge in [-0.25, -0.2) is 4.98 Å². The first-order valence-electron chi connectivity index (χ1n) is 9.21. The summed E-state index contributed by atoms with van der Waals surface area (Å²) in [6.45, 7) is 0. The zero-order chi connectivity index (χ0) is 23.0. The second-order valence-electron chi connectivity index (χ2n) is 6.86. The van der Waals surface area contributed by atoms with E-state index in [-0.39, 0.29) is 22.8 Å². The number of carbonyl (C=O) groups is 2. The number of halogens is 2. The Hall–Kier alpha value is -3.56. The lowest BCUT2D eigenvalue weighted by molar-refractivity contribution is -0.384. The number of hydrogen-bond acceptors (Lipinski definition) is 6. The van der Waals surface area contributed by atoms with Gasteiger partial charge in [-0.1, -0.05) is 11.6 Å². The smallest absolute Gasteiger partial charge is 0.301 e. The Morgan fingerprint density at radius 1 is 1.06 bits per heavy atom. The van der Waals surface area contributed by atoms with Gasteiger partial charge < -0.3 is 5.11 Å². The second kappa shape index (κ2) is 8.52. The highest BCUT2D eigenvalue weighted by molar-refractivity contribution is 9.10. The zero-order valence-electron chi connectivity index (χ0n) is 16.1. The van der Waals surface area contributed by atoms with Gasteiger partial charge in [0, 0.05) is 33.4 Å². The molecule has 2 heterocycles. The second-order valence-corrected chi connectivity index (χ2v) is 8.21. The maximum absolute atomic E-state index is 13.0. The largest absolute Gasteiger partial charge is 0.507 e. The van der Waals surface area contributed by atoms with Crippen LogP contribution in [0.25, 0.3) is 5.76 Å². The molecule has 4 rings (SSSR count). The maximum Gasteiger partial charge on any atom is 0.301 e. The molecule has 1 N–H and O–H groups in total. The third-order valence-corrected chi connectivity index (χ3v) is 5.66. The van der Waals surface area contributed by atoms with Crippen molar-refractivity contribution in [3.8, 4) is 0 Å². The van der Waals surface area contributed by atoms with Crippen LogP contribution in [0.5, 0.6) is 0 Å². The monoisotopic (exact) mass is 513 g/mol. The van der Waals surface area contributed by atoms with Crippen LogP contribution in [0.4, 0.5) is 11.5 Å². The van der Waals surface area contributed by atoms with E-state index in [1.807, 2.05) is 0 Å². The summed E-state index contributed by atoms with van der Waals surface area (Å²) in [5.74, 6) is -1.97. The van der Waals surface area contributed by atoms with Gasteiger partial charge in [0.2, 0.25) is 0 Å². The van der Waals surface area contributed by atoms with Gasteiger partial charge in [0.1, 0.15) is 11.6 Å². The van der Waals surface area contributed by atoms with E-state index in [1.165, 1.54) is 42.6 Å². The van der Waals surface area contributed by atoms with Crippen molar-refractivity contribution < 1.29 is 19.6 Å². The number of amides is 1. The number of nitrogens with zero attached hydrogens (tertiary/aromatic N) is 3. The first kappa shape index (κ1) is 21.7. The number of aromatic nitrogens is 1. The molecule has 8 nitrogen and oxygen atoms in total. The summed E-state index contributed by atoms with van der Waals surface area (Å²) in [5, 5.41) is 22.5. The van der Waals surface area contributed by atoms with Crippen LogP contribution in [-0.4, -0.2) is 26.7 Å². The van der Waals surface area contributed by atoms with Crippen molar-refractivity contribution in [2.45, 2.75) is 6.04 Å². The van der Waals surface area contributed by atoms with Gasteiger partial charge in [-0.15, -0.1) is 0 Å². The number of anilines is 1. The Morgan fingerprint density at radius 3 is 2.28 bits per heavy atom. The van der Waals surface area contributed by atoms with E-state index in [0.29, 0.717) is 20.6 Å².